The van der Waals surface area contributed by atoms with Crippen LogP contribution in [0.3, 0.4) is 0 Å². The van der Waals surface area contributed by atoms with E-state index >= 15 is 0 Å². The number of carbonyl (C=O) groups excluding carboxylic acids is 3. The third-order valence-electron chi connectivity index (χ3n) is 4.58. The van der Waals surface area contributed by atoms with E-state index in [-0.39, 0.29) is 35.7 Å². The van der Waals surface area contributed by atoms with Crippen molar-refractivity contribution in [2.45, 2.75) is 25.7 Å². The van der Waals surface area contributed by atoms with Crippen molar-refractivity contribution >= 4 is 17.7 Å². The molecular formula is C20H22N4O5. The van der Waals surface area contributed by atoms with Crippen LogP contribution in [0.4, 0.5) is 0 Å². The zero-order valence-corrected chi connectivity index (χ0v) is 15.7. The summed E-state index contributed by atoms with van der Waals surface area (Å²) < 4.78 is 5.02. The number of H-pyrrole nitrogens is 1. The Kier molecular flexibility index (Phi) is 6.28. The number of aryl methyl sites for hydroxylation is 2. The van der Waals surface area contributed by atoms with Gasteiger partial charge in [0.1, 0.15) is 5.56 Å². The van der Waals surface area contributed by atoms with Gasteiger partial charge < -0.3 is 25.8 Å². The molecule has 0 saturated heterocycles. The number of aromatic nitrogens is 1. The zero-order chi connectivity index (χ0) is 20.8. The predicted octanol–water partition coefficient (Wildman–Crippen LogP) is 0.662. The molecule has 9 nitrogen and oxygen atoms in total. The van der Waals surface area contributed by atoms with Gasteiger partial charge in [-0.1, -0.05) is 12.2 Å². The number of carbonyl (C=O) groups is 3. The first-order valence-electron chi connectivity index (χ1n) is 9.32. The lowest BCUT2D eigenvalue weighted by Crippen LogP contribution is -2.31. The first-order chi connectivity index (χ1) is 14.0. The topological polar surface area (TPSA) is 147 Å². The van der Waals surface area contributed by atoms with Crippen LogP contribution in [-0.4, -0.2) is 35.8 Å². The molecule has 2 heterocycles. The van der Waals surface area contributed by atoms with Crippen LogP contribution in [0.5, 0.6) is 0 Å². The molecule has 152 valence electrons. The largest absolute Gasteiger partial charge is 0.446 e. The Morgan fingerprint density at radius 3 is 2.38 bits per heavy atom. The molecule has 3 amide bonds. The van der Waals surface area contributed by atoms with Gasteiger partial charge in [-0.05, 0) is 49.4 Å². The summed E-state index contributed by atoms with van der Waals surface area (Å²) in [7, 11) is 0. The highest BCUT2D eigenvalue weighted by Gasteiger charge is 2.16. The van der Waals surface area contributed by atoms with E-state index in [9.17, 15) is 19.2 Å². The summed E-state index contributed by atoms with van der Waals surface area (Å²) >= 11 is 0. The van der Waals surface area contributed by atoms with Gasteiger partial charge in [0.05, 0.1) is 0 Å². The van der Waals surface area contributed by atoms with Gasteiger partial charge in [0.25, 0.3) is 23.3 Å². The van der Waals surface area contributed by atoms with Crippen LogP contribution in [0.25, 0.3) is 0 Å². The number of hydrogen-bond donors (Lipinski definition) is 4. The molecule has 0 aliphatic heterocycles. The number of furan rings is 1. The monoisotopic (exact) mass is 398 g/mol. The molecule has 0 spiro atoms. The van der Waals surface area contributed by atoms with Crippen molar-refractivity contribution < 1.29 is 18.8 Å². The van der Waals surface area contributed by atoms with Crippen LogP contribution >= 0.6 is 0 Å². The summed E-state index contributed by atoms with van der Waals surface area (Å²) in [4.78, 5) is 50.0. The lowest BCUT2D eigenvalue weighted by molar-refractivity contribution is 0.0916. The second kappa shape index (κ2) is 9.05. The maximum absolute atomic E-state index is 12.2. The lowest BCUT2D eigenvalue weighted by Gasteiger charge is -2.15. The van der Waals surface area contributed by atoms with Crippen molar-refractivity contribution in [2.75, 3.05) is 13.1 Å². The fourth-order valence-corrected chi connectivity index (χ4v) is 3.09. The number of hydrogen-bond acceptors (Lipinski definition) is 5. The smallest absolute Gasteiger partial charge is 0.287 e. The fraction of sp³-hybridized carbons (Fsp3) is 0.300. The first-order valence-corrected chi connectivity index (χ1v) is 9.32. The summed E-state index contributed by atoms with van der Waals surface area (Å²) in [5.74, 6) is -1.80. The Morgan fingerprint density at radius 1 is 1.03 bits per heavy atom. The molecule has 3 rings (SSSR count). The van der Waals surface area contributed by atoms with Crippen molar-refractivity contribution in [3.63, 3.8) is 0 Å². The van der Waals surface area contributed by atoms with Crippen LogP contribution in [0.1, 0.15) is 55.6 Å². The molecule has 0 radical (unpaired) electrons. The van der Waals surface area contributed by atoms with Crippen molar-refractivity contribution in [3.8, 4) is 0 Å². The van der Waals surface area contributed by atoms with E-state index in [1.54, 1.807) is 18.2 Å². The summed E-state index contributed by atoms with van der Waals surface area (Å²) in [6.45, 7) is 0.401. The normalized spacial score (nSPS) is 13.1. The number of rotatable bonds is 7. The molecule has 5 N–H and O–H groups in total. The number of fused-ring (bicyclic) bond motifs is 1. The molecule has 0 atom stereocenters. The Balaban J connectivity index is 1.45. The van der Waals surface area contributed by atoms with Crippen LogP contribution < -0.4 is 21.9 Å². The van der Waals surface area contributed by atoms with Crippen molar-refractivity contribution in [3.05, 3.63) is 69.0 Å². The fourth-order valence-electron chi connectivity index (χ4n) is 3.09. The highest BCUT2D eigenvalue weighted by molar-refractivity contribution is 5.95. The van der Waals surface area contributed by atoms with Crippen LogP contribution in [0.2, 0.25) is 0 Å². The van der Waals surface area contributed by atoms with Gasteiger partial charge in [-0.2, -0.15) is 0 Å². The molecule has 9 heteroatoms. The quantitative estimate of drug-likeness (QED) is 0.506. The minimum absolute atomic E-state index is 0.0212. The second-order valence-corrected chi connectivity index (χ2v) is 6.64. The molecule has 2 aromatic rings. The van der Waals surface area contributed by atoms with Gasteiger partial charge in [0.15, 0.2) is 11.5 Å². The average Bonchev–Trinajstić information content (AvgIpc) is 3.20. The molecule has 1 aliphatic rings. The molecule has 29 heavy (non-hydrogen) atoms. The van der Waals surface area contributed by atoms with E-state index in [0.29, 0.717) is 0 Å². The number of pyridine rings is 1. The Bertz CT molecular complexity index is 1020. The third kappa shape index (κ3) is 5.01. The number of amides is 3. The van der Waals surface area contributed by atoms with E-state index in [2.05, 4.69) is 15.6 Å². The van der Waals surface area contributed by atoms with E-state index < -0.39 is 17.7 Å². The van der Waals surface area contributed by atoms with Crippen LogP contribution in [0.15, 0.2) is 39.6 Å². The number of nitrogens with one attached hydrogen (secondary N) is 3. The Hall–Kier alpha value is -3.62. The predicted molar refractivity (Wildman–Crippen MR) is 105 cm³/mol. The van der Waals surface area contributed by atoms with Crippen molar-refractivity contribution in [1.82, 2.24) is 15.6 Å². The van der Waals surface area contributed by atoms with Gasteiger partial charge in [0, 0.05) is 18.8 Å². The first kappa shape index (κ1) is 20.1. The van der Waals surface area contributed by atoms with Crippen LogP contribution in [-0.2, 0) is 12.8 Å². The van der Waals surface area contributed by atoms with Crippen LogP contribution in [0, 0.1) is 0 Å². The number of primary amides is 1. The highest BCUT2D eigenvalue weighted by atomic mass is 16.4. The van der Waals surface area contributed by atoms with Crippen molar-refractivity contribution in [1.29, 1.82) is 0 Å². The SMILES string of the molecule is NC(=O)c1ccc(C(=O)NC/C=C/CNC(=O)c2cc3c([nH]c2=O)CCCC3)o1. The summed E-state index contributed by atoms with van der Waals surface area (Å²) in [6, 6.07) is 4.36. The van der Waals surface area contributed by atoms with E-state index in [1.807, 2.05) is 0 Å². The highest BCUT2D eigenvalue weighted by Crippen LogP contribution is 2.18. The molecule has 0 bridgehead atoms. The molecule has 1 aliphatic carbocycles. The molecule has 2 aromatic heterocycles. The zero-order valence-electron chi connectivity index (χ0n) is 15.7. The van der Waals surface area contributed by atoms with Gasteiger partial charge in [-0.25, -0.2) is 0 Å². The van der Waals surface area contributed by atoms with Crippen molar-refractivity contribution in [2.24, 2.45) is 5.73 Å². The van der Waals surface area contributed by atoms with E-state index in [1.165, 1.54) is 12.1 Å². The minimum Gasteiger partial charge on any atom is -0.446 e. The average molecular weight is 398 g/mol. The van der Waals surface area contributed by atoms with Gasteiger partial charge in [-0.15, -0.1) is 0 Å². The molecule has 0 saturated carbocycles. The number of nitrogens with two attached hydrogens (primary N) is 1. The Labute approximate surface area is 166 Å². The maximum Gasteiger partial charge on any atom is 0.287 e. The lowest BCUT2D eigenvalue weighted by atomic mass is 9.95. The number of aromatic amines is 1. The standard InChI is InChI=1S/C20H22N4O5/c21-17(25)15-7-8-16(29-15)20(28)23-10-4-3-9-22-18(26)13-11-12-5-1-2-6-14(12)24-19(13)27/h3-4,7-8,11H,1-2,5-6,9-10H2,(H2,21,25)(H,22,26)(H,23,28)(H,24,27)/b4-3+. The van der Waals surface area contributed by atoms with E-state index in [4.69, 9.17) is 10.2 Å². The van der Waals surface area contributed by atoms with Gasteiger partial charge in [0.2, 0.25) is 0 Å². The molecule has 0 fully saturated rings. The molecular weight excluding hydrogens is 376 g/mol. The third-order valence-corrected chi connectivity index (χ3v) is 4.58. The molecule has 0 aromatic carbocycles. The van der Waals surface area contributed by atoms with E-state index in [0.717, 1.165) is 36.9 Å². The molecule has 0 unspecified atom stereocenters. The summed E-state index contributed by atoms with van der Waals surface area (Å²) in [6.07, 6.45) is 7.10. The Morgan fingerprint density at radius 2 is 1.69 bits per heavy atom. The summed E-state index contributed by atoms with van der Waals surface area (Å²) in [5, 5.41) is 5.23. The summed E-state index contributed by atoms with van der Waals surface area (Å²) in [5.41, 5.74) is 6.73. The maximum atomic E-state index is 12.2. The van der Waals surface area contributed by atoms with Gasteiger partial charge in [-0.3, -0.25) is 19.2 Å². The minimum atomic E-state index is -0.752. The second-order valence-electron chi connectivity index (χ2n) is 6.64. The van der Waals surface area contributed by atoms with Gasteiger partial charge >= 0.3 is 0 Å².